The van der Waals surface area contributed by atoms with Crippen LogP contribution in [0.2, 0.25) is 0 Å². The van der Waals surface area contributed by atoms with Crippen LogP contribution in [0, 0.1) is 0 Å². The largest absolute Gasteiger partial charge is 0.482 e. The maximum Gasteiger partial charge on any atom is 0.344 e. The minimum Gasteiger partial charge on any atom is -0.482 e. The monoisotopic (exact) mass is 428 g/mol. The highest BCUT2D eigenvalue weighted by Crippen LogP contribution is 2.17. The zero-order chi connectivity index (χ0) is 22.0. The molecule has 0 aliphatic carbocycles. The number of amides is 1. The molecule has 2 aromatic carbocycles. The molecular formula is C23H28N2O4S. The van der Waals surface area contributed by atoms with Gasteiger partial charge in [-0.25, -0.2) is 10.2 Å². The van der Waals surface area contributed by atoms with Gasteiger partial charge in [-0.2, -0.15) is 5.10 Å². The molecule has 160 valence electrons. The molecule has 0 fully saturated rings. The lowest BCUT2D eigenvalue weighted by molar-refractivity contribution is -0.157. The van der Waals surface area contributed by atoms with Gasteiger partial charge >= 0.3 is 5.97 Å². The summed E-state index contributed by atoms with van der Waals surface area (Å²) in [6.45, 7) is 7.12. The van der Waals surface area contributed by atoms with Crippen LogP contribution in [-0.2, 0) is 20.1 Å². The number of nitrogens with zero attached hydrogens (tertiary/aromatic N) is 1. The first-order chi connectivity index (χ1) is 14.2. The summed E-state index contributed by atoms with van der Waals surface area (Å²) in [7, 11) is 0. The molecule has 0 saturated heterocycles. The molecule has 0 radical (unpaired) electrons. The van der Waals surface area contributed by atoms with Crippen LogP contribution < -0.4 is 10.2 Å². The van der Waals surface area contributed by atoms with E-state index in [1.54, 1.807) is 63.0 Å². The first kappa shape index (κ1) is 23.5. The Morgan fingerprint density at radius 1 is 1.10 bits per heavy atom. The van der Waals surface area contributed by atoms with Crippen LogP contribution in [0.5, 0.6) is 5.75 Å². The molecule has 1 unspecified atom stereocenters. The highest BCUT2D eigenvalue weighted by molar-refractivity contribution is 7.99. The van der Waals surface area contributed by atoms with E-state index in [1.165, 1.54) is 5.56 Å². The minimum absolute atomic E-state index is 0.149. The van der Waals surface area contributed by atoms with Crippen molar-refractivity contribution < 1.29 is 19.1 Å². The van der Waals surface area contributed by atoms with Gasteiger partial charge in [-0.05, 0) is 63.1 Å². The van der Waals surface area contributed by atoms with Gasteiger partial charge in [0.2, 0.25) is 0 Å². The van der Waals surface area contributed by atoms with Crippen LogP contribution in [0.25, 0.3) is 0 Å². The molecule has 0 bridgehead atoms. The van der Waals surface area contributed by atoms with E-state index in [2.05, 4.69) is 10.5 Å². The normalized spacial score (nSPS) is 12.4. The number of hydrogen-bond acceptors (Lipinski definition) is 6. The zero-order valence-electron chi connectivity index (χ0n) is 17.8. The number of hydrazone groups is 1. The van der Waals surface area contributed by atoms with Gasteiger partial charge in [0.1, 0.15) is 11.4 Å². The van der Waals surface area contributed by atoms with Crippen LogP contribution >= 0.6 is 11.8 Å². The number of ether oxygens (including phenoxy) is 2. The predicted molar refractivity (Wildman–Crippen MR) is 121 cm³/mol. The molecule has 2 aromatic rings. The summed E-state index contributed by atoms with van der Waals surface area (Å²) < 4.78 is 10.6. The van der Waals surface area contributed by atoms with Crippen molar-refractivity contribution in [3.63, 3.8) is 0 Å². The van der Waals surface area contributed by atoms with E-state index in [1.807, 2.05) is 37.3 Å². The van der Waals surface area contributed by atoms with Gasteiger partial charge < -0.3 is 9.47 Å². The molecule has 1 amide bonds. The van der Waals surface area contributed by atoms with Gasteiger partial charge in [-0.1, -0.05) is 30.3 Å². The molecule has 7 heteroatoms. The van der Waals surface area contributed by atoms with Gasteiger partial charge in [0.25, 0.3) is 5.91 Å². The summed E-state index contributed by atoms with van der Waals surface area (Å²) in [5, 5.41) is 3.79. The Hall–Kier alpha value is -2.80. The second kappa shape index (κ2) is 11.4. The van der Waals surface area contributed by atoms with Gasteiger partial charge in [0.15, 0.2) is 6.61 Å². The van der Waals surface area contributed by atoms with Crippen LogP contribution in [-0.4, -0.2) is 35.5 Å². The predicted octanol–water partition coefficient (Wildman–Crippen LogP) is 4.18. The number of nitrogens with one attached hydrogen (secondary N) is 1. The molecule has 1 atom stereocenters. The number of hydrogen-bond donors (Lipinski definition) is 1. The molecule has 0 aliphatic heterocycles. The fourth-order valence-corrected chi connectivity index (χ4v) is 3.13. The molecule has 0 aliphatic rings. The van der Waals surface area contributed by atoms with Crippen LogP contribution in [0.4, 0.5) is 0 Å². The number of benzene rings is 2. The molecule has 2 rings (SSSR count). The van der Waals surface area contributed by atoms with Crippen molar-refractivity contribution in [3.05, 3.63) is 65.7 Å². The molecule has 0 spiro atoms. The van der Waals surface area contributed by atoms with Crippen molar-refractivity contribution in [1.29, 1.82) is 0 Å². The summed E-state index contributed by atoms with van der Waals surface area (Å²) >= 11 is 1.56. The van der Waals surface area contributed by atoms with Crippen molar-refractivity contribution in [2.24, 2.45) is 5.10 Å². The number of esters is 1. The molecule has 6 nitrogen and oxygen atoms in total. The number of carbonyl (C=O) groups excluding carboxylic acids is 2. The van der Waals surface area contributed by atoms with Crippen molar-refractivity contribution in [2.45, 2.75) is 44.3 Å². The Morgan fingerprint density at radius 3 is 2.40 bits per heavy atom. The average Bonchev–Trinajstić information content (AvgIpc) is 2.71. The van der Waals surface area contributed by atoms with Gasteiger partial charge in [-0.3, -0.25) is 4.79 Å². The second-order valence-electron chi connectivity index (χ2n) is 7.62. The lowest BCUT2D eigenvalue weighted by atomic mass is 10.2. The van der Waals surface area contributed by atoms with Gasteiger partial charge in [0.05, 0.1) is 11.5 Å². The third-order valence-corrected chi connectivity index (χ3v) is 4.97. The highest BCUT2D eigenvalue weighted by Gasteiger charge is 2.16. The number of carbonyl (C=O) groups is 2. The molecule has 0 heterocycles. The summed E-state index contributed by atoms with van der Waals surface area (Å²) in [4.78, 5) is 23.8. The molecule has 30 heavy (non-hydrogen) atoms. The summed E-state index contributed by atoms with van der Waals surface area (Å²) in [6.07, 6.45) is 1.56. The maximum absolute atomic E-state index is 12.1. The summed E-state index contributed by atoms with van der Waals surface area (Å²) in [5.41, 5.74) is 4.00. The lowest BCUT2D eigenvalue weighted by Gasteiger charge is -2.19. The zero-order valence-corrected chi connectivity index (χ0v) is 18.6. The van der Waals surface area contributed by atoms with Crippen molar-refractivity contribution in [1.82, 2.24) is 5.43 Å². The standard InChI is InChI=1S/C23H28N2O4S/c1-17(30-16-19-8-6-5-7-9-19)22(27)25-24-14-18-10-12-20(13-11-18)28-15-21(26)29-23(2,3)4/h5-14,17H,15-16H2,1-4H3,(H,25,27)/b24-14+. The van der Waals surface area contributed by atoms with Crippen molar-refractivity contribution in [3.8, 4) is 5.75 Å². The Balaban J connectivity index is 1.74. The van der Waals surface area contributed by atoms with E-state index < -0.39 is 11.6 Å². The average molecular weight is 429 g/mol. The lowest BCUT2D eigenvalue weighted by Crippen LogP contribution is -2.27. The van der Waals surface area contributed by atoms with Crippen LogP contribution in [0.3, 0.4) is 0 Å². The molecule has 0 aromatic heterocycles. The van der Waals surface area contributed by atoms with Gasteiger partial charge in [-0.15, -0.1) is 11.8 Å². The quantitative estimate of drug-likeness (QED) is 0.368. The first-order valence-electron chi connectivity index (χ1n) is 9.66. The number of thioether (sulfide) groups is 1. The van der Waals surface area contributed by atoms with Crippen molar-refractivity contribution in [2.75, 3.05) is 6.61 Å². The second-order valence-corrected chi connectivity index (χ2v) is 8.95. The number of rotatable bonds is 9. The smallest absolute Gasteiger partial charge is 0.344 e. The molecule has 1 N–H and O–H groups in total. The van der Waals surface area contributed by atoms with Gasteiger partial charge in [0, 0.05) is 5.75 Å². The third kappa shape index (κ3) is 9.13. The van der Waals surface area contributed by atoms with E-state index in [0.29, 0.717) is 5.75 Å². The Labute approximate surface area is 182 Å². The summed E-state index contributed by atoms with van der Waals surface area (Å²) in [6, 6.07) is 17.0. The Morgan fingerprint density at radius 2 is 1.77 bits per heavy atom. The fraction of sp³-hybridized carbons (Fsp3) is 0.348. The third-order valence-electron chi connectivity index (χ3n) is 3.76. The summed E-state index contributed by atoms with van der Waals surface area (Å²) in [5.74, 6) is 0.747. The van der Waals surface area contributed by atoms with Crippen LogP contribution in [0.15, 0.2) is 59.7 Å². The van der Waals surface area contributed by atoms with Crippen LogP contribution in [0.1, 0.15) is 38.8 Å². The maximum atomic E-state index is 12.1. The fourth-order valence-electron chi connectivity index (χ4n) is 2.30. The Kier molecular flexibility index (Phi) is 8.92. The molecular weight excluding hydrogens is 400 g/mol. The van der Waals surface area contributed by atoms with E-state index >= 15 is 0 Å². The van der Waals surface area contributed by atoms with Crippen molar-refractivity contribution >= 4 is 29.9 Å². The topological polar surface area (TPSA) is 77.0 Å². The Bertz CT molecular complexity index is 846. The highest BCUT2D eigenvalue weighted by atomic mass is 32.2. The SMILES string of the molecule is CC(SCc1ccccc1)C(=O)N/N=C/c1ccc(OCC(=O)OC(C)(C)C)cc1. The minimum atomic E-state index is -0.539. The van der Waals surface area contributed by atoms with E-state index in [0.717, 1.165) is 11.3 Å². The molecule has 0 saturated carbocycles. The van der Waals surface area contributed by atoms with E-state index in [4.69, 9.17) is 9.47 Å². The first-order valence-corrected chi connectivity index (χ1v) is 10.7. The van der Waals surface area contributed by atoms with E-state index in [-0.39, 0.29) is 17.8 Å². The van der Waals surface area contributed by atoms with E-state index in [9.17, 15) is 9.59 Å².